The van der Waals surface area contributed by atoms with Crippen molar-refractivity contribution in [3.05, 3.63) is 24.3 Å². The third kappa shape index (κ3) is 4.23. The highest BCUT2D eigenvalue weighted by Gasteiger charge is 2.23. The van der Waals surface area contributed by atoms with Gasteiger partial charge in [-0.3, -0.25) is 4.79 Å². The number of hydrogen-bond donors (Lipinski definition) is 1. The zero-order chi connectivity index (χ0) is 15.9. The van der Waals surface area contributed by atoms with Gasteiger partial charge in [-0.15, -0.1) is 0 Å². The minimum Gasteiger partial charge on any atom is -0.493 e. The SMILES string of the molecule is COc1ccccc1OCC(=O)NN=C1[C@H](C)CCC[C@H]1C. The molecule has 5 nitrogen and oxygen atoms in total. The molecular formula is C17H24N2O3. The average molecular weight is 304 g/mol. The van der Waals surface area contributed by atoms with Crippen molar-refractivity contribution >= 4 is 11.6 Å². The molecule has 2 rings (SSSR count). The molecule has 22 heavy (non-hydrogen) atoms. The number of carbonyl (C=O) groups is 1. The molecule has 5 heteroatoms. The normalized spacial score (nSPS) is 21.1. The number of hydrazone groups is 1. The van der Waals surface area contributed by atoms with Crippen LogP contribution in [0, 0.1) is 11.8 Å². The van der Waals surface area contributed by atoms with E-state index in [2.05, 4.69) is 24.4 Å². The molecule has 0 saturated heterocycles. The molecule has 1 aliphatic carbocycles. The maximum Gasteiger partial charge on any atom is 0.277 e. The second-order valence-electron chi connectivity index (χ2n) is 5.74. The van der Waals surface area contributed by atoms with Gasteiger partial charge in [0.25, 0.3) is 5.91 Å². The Morgan fingerprint density at radius 3 is 2.50 bits per heavy atom. The van der Waals surface area contributed by atoms with Crippen LogP contribution in [0.4, 0.5) is 0 Å². The average Bonchev–Trinajstić information content (AvgIpc) is 2.52. The van der Waals surface area contributed by atoms with Crippen LogP contribution in [0.2, 0.25) is 0 Å². The number of methoxy groups -OCH3 is 1. The standard InChI is InChI=1S/C17H24N2O3/c1-12-7-6-8-13(2)17(12)19-18-16(20)11-22-15-10-5-4-9-14(15)21-3/h4-5,9-10,12-13H,6-8,11H2,1-3H3,(H,18,20)/t12-,13-/m1/s1. The van der Waals surface area contributed by atoms with Crippen molar-refractivity contribution in [2.24, 2.45) is 16.9 Å². The van der Waals surface area contributed by atoms with Gasteiger partial charge in [-0.2, -0.15) is 5.10 Å². The summed E-state index contributed by atoms with van der Waals surface area (Å²) in [4.78, 5) is 11.9. The number of rotatable bonds is 5. The van der Waals surface area contributed by atoms with Crippen LogP contribution in [0.1, 0.15) is 33.1 Å². The Morgan fingerprint density at radius 1 is 1.23 bits per heavy atom. The van der Waals surface area contributed by atoms with Gasteiger partial charge in [0.15, 0.2) is 18.1 Å². The molecule has 0 heterocycles. The third-order valence-corrected chi connectivity index (χ3v) is 4.02. The summed E-state index contributed by atoms with van der Waals surface area (Å²) in [5, 5.41) is 4.31. The Balaban J connectivity index is 1.88. The first kappa shape index (κ1) is 16.3. The Bertz CT molecular complexity index is 530. The Hall–Kier alpha value is -2.04. The highest BCUT2D eigenvalue weighted by molar-refractivity contribution is 5.90. The van der Waals surface area contributed by atoms with Crippen molar-refractivity contribution in [1.29, 1.82) is 0 Å². The van der Waals surface area contributed by atoms with Gasteiger partial charge in [-0.25, -0.2) is 5.43 Å². The quantitative estimate of drug-likeness (QED) is 0.851. The molecule has 1 aromatic carbocycles. The Kier molecular flexibility index (Phi) is 5.81. The number of amides is 1. The second kappa shape index (κ2) is 7.82. The molecule has 1 saturated carbocycles. The molecule has 1 fully saturated rings. The fraction of sp³-hybridized carbons (Fsp3) is 0.529. The van der Waals surface area contributed by atoms with E-state index in [-0.39, 0.29) is 12.5 Å². The number of ether oxygens (including phenoxy) is 2. The van der Waals surface area contributed by atoms with E-state index in [1.165, 1.54) is 6.42 Å². The summed E-state index contributed by atoms with van der Waals surface area (Å²) < 4.78 is 10.7. The smallest absolute Gasteiger partial charge is 0.277 e. The fourth-order valence-corrected chi connectivity index (χ4v) is 2.77. The van der Waals surface area contributed by atoms with Crippen LogP contribution < -0.4 is 14.9 Å². The number of nitrogens with zero attached hydrogens (tertiary/aromatic N) is 1. The summed E-state index contributed by atoms with van der Waals surface area (Å²) in [6.07, 6.45) is 3.50. The van der Waals surface area contributed by atoms with E-state index in [4.69, 9.17) is 9.47 Å². The minimum atomic E-state index is -0.261. The number of para-hydroxylation sites is 2. The van der Waals surface area contributed by atoms with Crippen molar-refractivity contribution in [2.45, 2.75) is 33.1 Å². The van der Waals surface area contributed by atoms with E-state index in [1.807, 2.05) is 12.1 Å². The first-order chi connectivity index (χ1) is 10.6. The lowest BCUT2D eigenvalue weighted by Gasteiger charge is -2.26. The third-order valence-electron chi connectivity index (χ3n) is 4.02. The highest BCUT2D eigenvalue weighted by Crippen LogP contribution is 2.26. The molecule has 0 aromatic heterocycles. The Morgan fingerprint density at radius 2 is 1.86 bits per heavy atom. The van der Waals surface area contributed by atoms with Crippen LogP contribution in [0.5, 0.6) is 11.5 Å². The lowest BCUT2D eigenvalue weighted by molar-refractivity contribution is -0.123. The fourth-order valence-electron chi connectivity index (χ4n) is 2.77. The largest absolute Gasteiger partial charge is 0.493 e. The molecule has 0 spiro atoms. The van der Waals surface area contributed by atoms with Crippen molar-refractivity contribution in [3.63, 3.8) is 0 Å². The van der Waals surface area contributed by atoms with Crippen LogP contribution in [-0.4, -0.2) is 25.3 Å². The molecular weight excluding hydrogens is 280 g/mol. The monoisotopic (exact) mass is 304 g/mol. The van der Waals surface area contributed by atoms with E-state index < -0.39 is 0 Å². The zero-order valence-corrected chi connectivity index (χ0v) is 13.5. The van der Waals surface area contributed by atoms with Crippen molar-refractivity contribution in [2.75, 3.05) is 13.7 Å². The summed E-state index contributed by atoms with van der Waals surface area (Å²) in [7, 11) is 1.57. The van der Waals surface area contributed by atoms with Gasteiger partial charge in [0.2, 0.25) is 0 Å². The second-order valence-corrected chi connectivity index (χ2v) is 5.74. The van der Waals surface area contributed by atoms with Crippen molar-refractivity contribution in [3.8, 4) is 11.5 Å². The van der Waals surface area contributed by atoms with Gasteiger partial charge in [0, 0.05) is 5.71 Å². The van der Waals surface area contributed by atoms with Crippen LogP contribution in [-0.2, 0) is 4.79 Å². The van der Waals surface area contributed by atoms with E-state index in [0.29, 0.717) is 23.3 Å². The molecule has 0 radical (unpaired) electrons. The lowest BCUT2D eigenvalue weighted by Crippen LogP contribution is -2.31. The highest BCUT2D eigenvalue weighted by atomic mass is 16.5. The molecule has 0 aliphatic heterocycles. The van der Waals surface area contributed by atoms with Crippen LogP contribution in [0.15, 0.2) is 29.4 Å². The predicted molar refractivity (Wildman–Crippen MR) is 86.2 cm³/mol. The summed E-state index contributed by atoms with van der Waals surface area (Å²) in [6, 6.07) is 7.24. The molecule has 1 aliphatic rings. The molecule has 0 unspecified atom stereocenters. The first-order valence-electron chi connectivity index (χ1n) is 7.74. The van der Waals surface area contributed by atoms with Gasteiger partial charge in [-0.1, -0.05) is 32.4 Å². The summed E-state index contributed by atoms with van der Waals surface area (Å²) >= 11 is 0. The lowest BCUT2D eigenvalue weighted by atomic mass is 9.81. The molecule has 1 amide bonds. The number of hydrogen-bond acceptors (Lipinski definition) is 4. The van der Waals surface area contributed by atoms with Gasteiger partial charge in [0.1, 0.15) is 0 Å². The molecule has 2 atom stereocenters. The van der Waals surface area contributed by atoms with Crippen LogP contribution in [0.3, 0.4) is 0 Å². The van der Waals surface area contributed by atoms with Crippen molar-refractivity contribution < 1.29 is 14.3 Å². The molecule has 120 valence electrons. The van der Waals surface area contributed by atoms with Crippen LogP contribution >= 0.6 is 0 Å². The summed E-state index contributed by atoms with van der Waals surface area (Å²) in [5.41, 5.74) is 3.68. The zero-order valence-electron chi connectivity index (χ0n) is 13.5. The summed E-state index contributed by atoms with van der Waals surface area (Å²) in [6.45, 7) is 4.23. The summed E-state index contributed by atoms with van der Waals surface area (Å²) in [5.74, 6) is 1.75. The van der Waals surface area contributed by atoms with Gasteiger partial charge in [0.05, 0.1) is 7.11 Å². The molecule has 1 aromatic rings. The number of benzene rings is 1. The molecule has 1 N–H and O–H groups in total. The predicted octanol–water partition coefficient (Wildman–Crippen LogP) is 3.00. The Labute approximate surface area is 131 Å². The first-order valence-corrected chi connectivity index (χ1v) is 7.74. The van der Waals surface area contributed by atoms with Gasteiger partial charge < -0.3 is 9.47 Å². The van der Waals surface area contributed by atoms with Gasteiger partial charge >= 0.3 is 0 Å². The van der Waals surface area contributed by atoms with E-state index >= 15 is 0 Å². The van der Waals surface area contributed by atoms with Crippen LogP contribution in [0.25, 0.3) is 0 Å². The number of nitrogens with one attached hydrogen (secondary N) is 1. The topological polar surface area (TPSA) is 59.9 Å². The minimum absolute atomic E-state index is 0.0834. The van der Waals surface area contributed by atoms with Crippen molar-refractivity contribution in [1.82, 2.24) is 5.43 Å². The molecule has 0 bridgehead atoms. The van der Waals surface area contributed by atoms with E-state index in [9.17, 15) is 4.79 Å². The van der Waals surface area contributed by atoms with E-state index in [1.54, 1.807) is 19.2 Å². The maximum absolute atomic E-state index is 11.9. The van der Waals surface area contributed by atoms with Gasteiger partial charge in [-0.05, 0) is 36.8 Å². The van der Waals surface area contributed by atoms with E-state index in [0.717, 1.165) is 18.6 Å². The maximum atomic E-state index is 11.9. The number of carbonyl (C=O) groups excluding carboxylic acids is 1.